The third kappa shape index (κ3) is 3.06. The number of carbonyl (C=O) groups excluding carboxylic acids is 1. The summed E-state index contributed by atoms with van der Waals surface area (Å²) in [6.45, 7) is 3.72. The van der Waals surface area contributed by atoms with E-state index >= 15 is 0 Å². The molecule has 0 fully saturated rings. The quantitative estimate of drug-likeness (QED) is 0.936. The van der Waals surface area contributed by atoms with Gasteiger partial charge in [0.1, 0.15) is 5.03 Å². The van der Waals surface area contributed by atoms with Crippen LogP contribution in [0.5, 0.6) is 0 Å². The highest BCUT2D eigenvalue weighted by atomic mass is 32.2. The van der Waals surface area contributed by atoms with Crippen LogP contribution in [-0.2, 0) is 0 Å². The van der Waals surface area contributed by atoms with Gasteiger partial charge in [0.05, 0.1) is 15.6 Å². The van der Waals surface area contributed by atoms with Gasteiger partial charge in [-0.05, 0) is 30.7 Å². The van der Waals surface area contributed by atoms with Crippen molar-refractivity contribution in [1.29, 1.82) is 0 Å². The maximum Gasteiger partial charge on any atom is 0.261 e. The molecule has 4 nitrogen and oxygen atoms in total. The van der Waals surface area contributed by atoms with Crippen molar-refractivity contribution < 1.29 is 4.79 Å². The molecule has 0 aromatic carbocycles. The van der Waals surface area contributed by atoms with Gasteiger partial charge in [0, 0.05) is 25.0 Å². The van der Waals surface area contributed by atoms with Crippen LogP contribution in [0, 0.1) is 0 Å². The summed E-state index contributed by atoms with van der Waals surface area (Å²) in [5.41, 5.74) is 1.14. The molecule has 3 heterocycles. The topological polar surface area (TPSA) is 45.2 Å². The van der Waals surface area contributed by atoms with E-state index in [1.165, 1.54) is 11.3 Å². The van der Waals surface area contributed by atoms with Gasteiger partial charge in [0.15, 0.2) is 0 Å². The summed E-state index contributed by atoms with van der Waals surface area (Å²) in [6.07, 6.45) is 2.78. The number of hydrogen-bond acceptors (Lipinski definition) is 5. The molecule has 0 unspecified atom stereocenters. The first-order valence-electron chi connectivity index (χ1n) is 7.03. The Balaban J connectivity index is 1.83. The molecule has 0 bridgehead atoms. The van der Waals surface area contributed by atoms with Crippen LogP contribution in [-0.4, -0.2) is 29.7 Å². The Morgan fingerprint density at radius 2 is 2.33 bits per heavy atom. The molecule has 2 aromatic heterocycles. The van der Waals surface area contributed by atoms with Gasteiger partial charge in [0.2, 0.25) is 0 Å². The SMILES string of the molecule is CCCNC(=O)c1ccc(N2CCSc3ncccc32)s1. The van der Waals surface area contributed by atoms with E-state index in [2.05, 4.69) is 28.2 Å². The van der Waals surface area contributed by atoms with E-state index in [-0.39, 0.29) is 5.91 Å². The molecule has 6 heteroatoms. The summed E-state index contributed by atoms with van der Waals surface area (Å²) < 4.78 is 0. The molecule has 3 rings (SSSR count). The lowest BCUT2D eigenvalue weighted by molar-refractivity contribution is 0.0957. The van der Waals surface area contributed by atoms with E-state index in [0.29, 0.717) is 0 Å². The zero-order valence-corrected chi connectivity index (χ0v) is 13.5. The predicted molar refractivity (Wildman–Crippen MR) is 88.9 cm³/mol. The monoisotopic (exact) mass is 319 g/mol. The van der Waals surface area contributed by atoms with Gasteiger partial charge in [-0.1, -0.05) is 6.92 Å². The molecule has 0 atom stereocenters. The molecule has 21 heavy (non-hydrogen) atoms. The van der Waals surface area contributed by atoms with E-state index in [1.807, 2.05) is 24.4 Å². The first kappa shape index (κ1) is 14.4. The molecule has 1 aliphatic rings. The second-order valence-corrected chi connectivity index (χ2v) is 6.87. The summed E-state index contributed by atoms with van der Waals surface area (Å²) in [5, 5.41) is 5.09. The minimum atomic E-state index is 0.0193. The minimum absolute atomic E-state index is 0.0193. The predicted octanol–water partition coefficient (Wildman–Crippen LogP) is 3.53. The Hall–Kier alpha value is -1.53. The number of anilines is 2. The zero-order valence-electron chi connectivity index (χ0n) is 11.8. The Morgan fingerprint density at radius 1 is 1.43 bits per heavy atom. The molecule has 1 amide bonds. The normalized spacial score (nSPS) is 13.9. The average molecular weight is 319 g/mol. The fraction of sp³-hybridized carbons (Fsp3) is 0.333. The van der Waals surface area contributed by atoms with E-state index in [4.69, 9.17) is 0 Å². The molecule has 0 saturated heterocycles. The van der Waals surface area contributed by atoms with Crippen molar-refractivity contribution in [3.05, 3.63) is 35.3 Å². The molecule has 2 aromatic rings. The summed E-state index contributed by atoms with van der Waals surface area (Å²) in [4.78, 5) is 19.4. The number of amides is 1. The van der Waals surface area contributed by atoms with Crippen LogP contribution < -0.4 is 10.2 Å². The van der Waals surface area contributed by atoms with E-state index in [9.17, 15) is 4.79 Å². The molecular formula is C15H17N3OS2. The summed E-state index contributed by atoms with van der Waals surface area (Å²) in [7, 11) is 0. The van der Waals surface area contributed by atoms with Gasteiger partial charge in [-0.2, -0.15) is 0 Å². The van der Waals surface area contributed by atoms with Crippen molar-refractivity contribution >= 4 is 39.7 Å². The fourth-order valence-corrected chi connectivity index (χ4v) is 4.09. The van der Waals surface area contributed by atoms with Crippen LogP contribution in [0.4, 0.5) is 10.7 Å². The van der Waals surface area contributed by atoms with Crippen molar-refractivity contribution in [2.45, 2.75) is 18.4 Å². The van der Waals surface area contributed by atoms with Crippen molar-refractivity contribution in [1.82, 2.24) is 10.3 Å². The Bertz CT molecular complexity index is 641. The van der Waals surface area contributed by atoms with Gasteiger partial charge in [-0.25, -0.2) is 4.98 Å². The lowest BCUT2D eigenvalue weighted by Gasteiger charge is -2.28. The number of thioether (sulfide) groups is 1. The second kappa shape index (κ2) is 6.49. The number of pyridine rings is 1. The van der Waals surface area contributed by atoms with Gasteiger partial charge in [-0.15, -0.1) is 23.1 Å². The number of nitrogens with one attached hydrogen (secondary N) is 1. The number of fused-ring (bicyclic) bond motifs is 1. The summed E-state index contributed by atoms with van der Waals surface area (Å²) in [5.74, 6) is 1.03. The number of hydrogen-bond donors (Lipinski definition) is 1. The minimum Gasteiger partial charge on any atom is -0.351 e. The third-order valence-corrected chi connectivity index (χ3v) is 5.29. The largest absolute Gasteiger partial charge is 0.351 e. The lowest BCUT2D eigenvalue weighted by atomic mass is 10.3. The highest BCUT2D eigenvalue weighted by Crippen LogP contribution is 2.39. The Kier molecular flexibility index (Phi) is 4.45. The maximum absolute atomic E-state index is 12.0. The molecule has 1 N–H and O–H groups in total. The first-order chi connectivity index (χ1) is 10.3. The highest BCUT2D eigenvalue weighted by molar-refractivity contribution is 7.99. The Morgan fingerprint density at radius 3 is 3.19 bits per heavy atom. The Labute approximate surface area is 132 Å². The van der Waals surface area contributed by atoms with Gasteiger partial charge < -0.3 is 10.2 Å². The lowest BCUT2D eigenvalue weighted by Crippen LogP contribution is -2.24. The average Bonchev–Trinajstić information content (AvgIpc) is 3.02. The van der Waals surface area contributed by atoms with Crippen LogP contribution in [0.15, 0.2) is 35.5 Å². The van der Waals surface area contributed by atoms with E-state index in [0.717, 1.165) is 45.9 Å². The van der Waals surface area contributed by atoms with Crippen molar-refractivity contribution in [3.63, 3.8) is 0 Å². The fourth-order valence-electron chi connectivity index (χ4n) is 2.20. The number of thiophene rings is 1. The number of aromatic nitrogens is 1. The van der Waals surface area contributed by atoms with Crippen LogP contribution >= 0.6 is 23.1 Å². The smallest absolute Gasteiger partial charge is 0.261 e. The maximum atomic E-state index is 12.0. The zero-order chi connectivity index (χ0) is 14.7. The number of rotatable bonds is 4. The summed E-state index contributed by atoms with van der Waals surface area (Å²) in [6, 6.07) is 7.98. The molecule has 110 valence electrons. The molecule has 0 radical (unpaired) electrons. The molecule has 0 aliphatic carbocycles. The van der Waals surface area contributed by atoms with Crippen molar-refractivity contribution in [2.24, 2.45) is 0 Å². The van der Waals surface area contributed by atoms with Gasteiger partial charge in [0.25, 0.3) is 5.91 Å². The molecule has 1 aliphatic heterocycles. The number of nitrogens with zero attached hydrogens (tertiary/aromatic N) is 2. The van der Waals surface area contributed by atoms with Crippen LogP contribution in [0.2, 0.25) is 0 Å². The van der Waals surface area contributed by atoms with Gasteiger partial charge in [-0.3, -0.25) is 4.79 Å². The standard InChI is InChI=1S/C15H17N3OS2/c1-2-7-16-14(19)12-5-6-13(21-12)18-9-10-20-15-11(18)4-3-8-17-15/h3-6,8H,2,7,9-10H2,1H3,(H,16,19). The second-order valence-electron chi connectivity index (χ2n) is 4.72. The summed E-state index contributed by atoms with van der Waals surface area (Å²) >= 11 is 3.32. The molecular weight excluding hydrogens is 302 g/mol. The number of carbonyl (C=O) groups is 1. The van der Waals surface area contributed by atoms with E-state index in [1.54, 1.807) is 11.8 Å². The van der Waals surface area contributed by atoms with Crippen molar-refractivity contribution in [3.8, 4) is 0 Å². The molecule has 0 saturated carbocycles. The third-order valence-electron chi connectivity index (χ3n) is 3.21. The van der Waals surface area contributed by atoms with Gasteiger partial charge >= 0.3 is 0 Å². The van der Waals surface area contributed by atoms with Crippen LogP contribution in [0.1, 0.15) is 23.0 Å². The van der Waals surface area contributed by atoms with Crippen LogP contribution in [0.25, 0.3) is 0 Å². The molecule has 0 spiro atoms. The van der Waals surface area contributed by atoms with Crippen LogP contribution in [0.3, 0.4) is 0 Å². The highest BCUT2D eigenvalue weighted by Gasteiger charge is 2.21. The van der Waals surface area contributed by atoms with E-state index < -0.39 is 0 Å². The van der Waals surface area contributed by atoms with Crippen molar-refractivity contribution in [2.75, 3.05) is 23.7 Å². The first-order valence-corrected chi connectivity index (χ1v) is 8.83.